The van der Waals surface area contributed by atoms with E-state index in [0.29, 0.717) is 0 Å². The Balaban J connectivity index is 2.68. The molecule has 0 saturated carbocycles. The molecule has 0 bridgehead atoms. The fraction of sp³-hybridized carbons (Fsp3) is 0.500. The van der Waals surface area contributed by atoms with Crippen molar-refractivity contribution < 1.29 is 19.7 Å². The van der Waals surface area contributed by atoms with Gasteiger partial charge in [0.1, 0.15) is 12.4 Å². The number of esters is 1. The lowest BCUT2D eigenvalue weighted by atomic mass is 10.2. The Kier molecular flexibility index (Phi) is 1.91. The Bertz CT molecular complexity index is 182. The van der Waals surface area contributed by atoms with Gasteiger partial charge in [-0.1, -0.05) is 0 Å². The van der Waals surface area contributed by atoms with E-state index in [1.165, 1.54) is 0 Å². The summed E-state index contributed by atoms with van der Waals surface area (Å²) in [6.07, 6.45) is 0.171. The number of carbonyl (C=O) groups is 1. The van der Waals surface area contributed by atoms with E-state index in [0.717, 1.165) is 0 Å². The summed E-state index contributed by atoms with van der Waals surface area (Å²) < 4.78 is 4.46. The van der Waals surface area contributed by atoms with E-state index in [9.17, 15) is 4.79 Å². The van der Waals surface area contributed by atoms with Crippen molar-refractivity contribution in [3.63, 3.8) is 0 Å². The fourth-order valence-electron chi connectivity index (χ4n) is 0.784. The van der Waals surface area contributed by atoms with Crippen LogP contribution in [-0.4, -0.2) is 29.4 Å². The van der Waals surface area contributed by atoms with Crippen molar-refractivity contribution in [2.75, 3.05) is 13.2 Å². The van der Waals surface area contributed by atoms with Gasteiger partial charge >= 0.3 is 5.97 Å². The third-order valence-corrected chi connectivity index (χ3v) is 1.30. The van der Waals surface area contributed by atoms with Crippen molar-refractivity contribution in [3.05, 3.63) is 11.3 Å². The van der Waals surface area contributed by atoms with Crippen molar-refractivity contribution >= 4 is 5.97 Å². The normalized spacial score (nSPS) is 17.9. The number of cyclic esters (lactones) is 1. The molecule has 0 saturated heterocycles. The molecule has 0 aromatic heterocycles. The Labute approximate surface area is 57.7 Å². The van der Waals surface area contributed by atoms with E-state index in [1.54, 1.807) is 0 Å². The van der Waals surface area contributed by atoms with Gasteiger partial charge in [-0.2, -0.15) is 0 Å². The van der Waals surface area contributed by atoms with Gasteiger partial charge in [-0.3, -0.25) is 0 Å². The molecule has 0 unspecified atom stereocenters. The minimum absolute atomic E-state index is 0.0475. The lowest BCUT2D eigenvalue weighted by Gasteiger charge is -1.92. The van der Waals surface area contributed by atoms with Gasteiger partial charge in [0.05, 0.1) is 5.57 Å². The van der Waals surface area contributed by atoms with Crippen molar-refractivity contribution in [1.29, 1.82) is 0 Å². The largest absolute Gasteiger partial charge is 0.508 e. The van der Waals surface area contributed by atoms with Crippen molar-refractivity contribution in [2.24, 2.45) is 0 Å². The molecule has 0 atom stereocenters. The second-order valence-corrected chi connectivity index (χ2v) is 1.97. The number of aliphatic hydroxyl groups is 2. The van der Waals surface area contributed by atoms with Crippen LogP contribution in [0.15, 0.2) is 11.3 Å². The Morgan fingerprint density at radius 1 is 1.60 bits per heavy atom. The van der Waals surface area contributed by atoms with Gasteiger partial charge in [0, 0.05) is 13.0 Å². The van der Waals surface area contributed by atoms with Crippen LogP contribution in [0.5, 0.6) is 0 Å². The van der Waals surface area contributed by atoms with Crippen LogP contribution in [0.25, 0.3) is 0 Å². The maximum Gasteiger partial charge on any atom is 0.338 e. The average Bonchev–Trinajstić information content (AvgIpc) is 2.20. The molecular formula is C6H8O4. The number of rotatable bonds is 2. The highest BCUT2D eigenvalue weighted by atomic mass is 16.5. The molecule has 0 aromatic rings. The number of hydrogen-bond donors (Lipinski definition) is 2. The van der Waals surface area contributed by atoms with Crippen LogP contribution in [0, 0.1) is 0 Å². The SMILES string of the molecule is O=C1OCC(O)=C1CCO. The molecular weight excluding hydrogens is 136 g/mol. The molecule has 1 rings (SSSR count). The average molecular weight is 144 g/mol. The zero-order valence-electron chi connectivity index (χ0n) is 5.33. The van der Waals surface area contributed by atoms with Gasteiger partial charge < -0.3 is 14.9 Å². The van der Waals surface area contributed by atoms with Gasteiger partial charge in [0.2, 0.25) is 0 Å². The van der Waals surface area contributed by atoms with E-state index in [-0.39, 0.29) is 31.0 Å². The molecule has 0 radical (unpaired) electrons. The molecule has 0 amide bonds. The highest BCUT2D eigenvalue weighted by Crippen LogP contribution is 2.15. The summed E-state index contributed by atoms with van der Waals surface area (Å²) in [5.74, 6) is -0.578. The topological polar surface area (TPSA) is 66.8 Å². The van der Waals surface area contributed by atoms with Gasteiger partial charge in [0.25, 0.3) is 0 Å². The predicted molar refractivity (Wildman–Crippen MR) is 32.3 cm³/mol. The number of aliphatic hydroxyl groups excluding tert-OH is 2. The van der Waals surface area contributed by atoms with Crippen LogP contribution in [0.3, 0.4) is 0 Å². The summed E-state index contributed by atoms with van der Waals surface area (Å²) in [4.78, 5) is 10.6. The number of carbonyl (C=O) groups excluding carboxylic acids is 1. The molecule has 4 nitrogen and oxygen atoms in total. The lowest BCUT2D eigenvalue weighted by Crippen LogP contribution is -2.00. The summed E-state index contributed by atoms with van der Waals surface area (Å²) in [5.41, 5.74) is 0.197. The lowest BCUT2D eigenvalue weighted by molar-refractivity contribution is -0.136. The molecule has 10 heavy (non-hydrogen) atoms. The molecule has 1 aliphatic rings. The third-order valence-electron chi connectivity index (χ3n) is 1.30. The van der Waals surface area contributed by atoms with Crippen LogP contribution in [0.1, 0.15) is 6.42 Å². The first-order chi connectivity index (χ1) is 4.75. The summed E-state index contributed by atoms with van der Waals surface area (Å²) in [6, 6.07) is 0. The predicted octanol–water partition coefficient (Wildman–Crippen LogP) is -0.262. The van der Waals surface area contributed by atoms with Crippen LogP contribution < -0.4 is 0 Å². The molecule has 0 spiro atoms. The first-order valence-electron chi connectivity index (χ1n) is 2.94. The van der Waals surface area contributed by atoms with Crippen molar-refractivity contribution in [2.45, 2.75) is 6.42 Å². The minimum Gasteiger partial charge on any atom is -0.508 e. The Hall–Kier alpha value is -1.03. The van der Waals surface area contributed by atoms with E-state index < -0.39 is 5.97 Å². The van der Waals surface area contributed by atoms with E-state index in [4.69, 9.17) is 10.2 Å². The molecule has 2 N–H and O–H groups in total. The van der Waals surface area contributed by atoms with Crippen LogP contribution in [-0.2, 0) is 9.53 Å². The standard InChI is InChI=1S/C6H8O4/c7-2-1-4-5(8)3-10-6(4)9/h7-8H,1-3H2. The van der Waals surface area contributed by atoms with E-state index in [2.05, 4.69) is 4.74 Å². The quantitative estimate of drug-likeness (QED) is 0.524. The zero-order chi connectivity index (χ0) is 7.56. The van der Waals surface area contributed by atoms with Gasteiger partial charge in [-0.15, -0.1) is 0 Å². The monoisotopic (exact) mass is 144 g/mol. The summed E-state index contributed by atoms with van der Waals surface area (Å²) in [6.45, 7) is -0.192. The molecule has 56 valence electrons. The summed E-state index contributed by atoms with van der Waals surface area (Å²) in [5, 5.41) is 17.3. The van der Waals surface area contributed by atoms with Gasteiger partial charge in [0.15, 0.2) is 0 Å². The number of hydrogen-bond acceptors (Lipinski definition) is 4. The zero-order valence-corrected chi connectivity index (χ0v) is 5.33. The second-order valence-electron chi connectivity index (χ2n) is 1.97. The molecule has 4 heteroatoms. The third kappa shape index (κ3) is 1.11. The van der Waals surface area contributed by atoms with E-state index >= 15 is 0 Å². The fourth-order valence-corrected chi connectivity index (χ4v) is 0.784. The molecule has 1 aliphatic heterocycles. The van der Waals surface area contributed by atoms with Crippen molar-refractivity contribution in [3.8, 4) is 0 Å². The first kappa shape index (κ1) is 7.08. The highest BCUT2D eigenvalue weighted by Gasteiger charge is 2.23. The maximum atomic E-state index is 10.6. The molecule has 1 heterocycles. The van der Waals surface area contributed by atoms with Crippen molar-refractivity contribution in [1.82, 2.24) is 0 Å². The van der Waals surface area contributed by atoms with E-state index in [1.807, 2.05) is 0 Å². The molecule has 0 aliphatic carbocycles. The smallest absolute Gasteiger partial charge is 0.338 e. The Morgan fingerprint density at radius 2 is 2.30 bits per heavy atom. The summed E-state index contributed by atoms with van der Waals surface area (Å²) >= 11 is 0. The van der Waals surface area contributed by atoms with Crippen LogP contribution in [0.2, 0.25) is 0 Å². The van der Waals surface area contributed by atoms with Gasteiger partial charge in [-0.25, -0.2) is 4.79 Å². The minimum atomic E-state index is -0.522. The maximum absolute atomic E-state index is 10.6. The van der Waals surface area contributed by atoms with Crippen LogP contribution >= 0.6 is 0 Å². The number of ether oxygens (including phenoxy) is 1. The first-order valence-corrected chi connectivity index (χ1v) is 2.94. The van der Waals surface area contributed by atoms with Gasteiger partial charge in [-0.05, 0) is 0 Å². The Morgan fingerprint density at radius 3 is 2.70 bits per heavy atom. The molecule has 0 aromatic carbocycles. The molecule has 0 fully saturated rings. The summed E-state index contributed by atoms with van der Waals surface area (Å²) in [7, 11) is 0. The van der Waals surface area contributed by atoms with Crippen LogP contribution in [0.4, 0.5) is 0 Å². The second kappa shape index (κ2) is 2.70. The highest BCUT2D eigenvalue weighted by molar-refractivity contribution is 5.91.